The predicted molar refractivity (Wildman–Crippen MR) is 95.0 cm³/mol. The van der Waals surface area contributed by atoms with E-state index in [1.54, 1.807) is 0 Å². The lowest BCUT2D eigenvalue weighted by Crippen LogP contribution is -2.21. The number of ether oxygens (including phenoxy) is 1. The lowest BCUT2D eigenvalue weighted by atomic mass is 9.85. The van der Waals surface area contributed by atoms with E-state index in [0.29, 0.717) is 0 Å². The van der Waals surface area contributed by atoms with Gasteiger partial charge in [0.15, 0.2) is 0 Å². The molecule has 0 bridgehead atoms. The van der Waals surface area contributed by atoms with Crippen molar-refractivity contribution in [2.24, 2.45) is 0 Å². The van der Waals surface area contributed by atoms with Crippen molar-refractivity contribution in [3.63, 3.8) is 0 Å². The van der Waals surface area contributed by atoms with Crippen molar-refractivity contribution in [1.82, 2.24) is 5.32 Å². The molecule has 21 heavy (non-hydrogen) atoms. The normalized spacial score (nSPS) is 17.1. The highest BCUT2D eigenvalue weighted by Crippen LogP contribution is 2.40. The Hall–Kier alpha value is -1.07. The third kappa shape index (κ3) is 2.69. The Balaban J connectivity index is 2.06. The van der Waals surface area contributed by atoms with Gasteiger partial charge in [-0.2, -0.15) is 0 Å². The highest BCUT2D eigenvalue weighted by molar-refractivity contribution is 14.1. The highest BCUT2D eigenvalue weighted by Gasteiger charge is 2.32. The maximum absolute atomic E-state index is 5.79. The summed E-state index contributed by atoms with van der Waals surface area (Å²) >= 11 is 2.40. The summed E-state index contributed by atoms with van der Waals surface area (Å²) in [6.45, 7) is 5.24. The molecule has 0 aliphatic carbocycles. The molecule has 1 aliphatic heterocycles. The van der Waals surface area contributed by atoms with Crippen molar-refractivity contribution >= 4 is 22.6 Å². The minimum absolute atomic E-state index is 0.0908. The second-order valence-corrected chi connectivity index (χ2v) is 7.33. The van der Waals surface area contributed by atoms with Crippen molar-refractivity contribution < 1.29 is 4.74 Å². The zero-order valence-corrected chi connectivity index (χ0v) is 14.8. The largest absolute Gasteiger partial charge is 0.492 e. The Morgan fingerprint density at radius 1 is 1.19 bits per heavy atom. The average Bonchev–Trinajstić information content (AvgIpc) is 2.77. The van der Waals surface area contributed by atoms with Crippen LogP contribution >= 0.6 is 22.6 Å². The molecule has 1 N–H and O–H groups in total. The van der Waals surface area contributed by atoms with Gasteiger partial charge in [0.1, 0.15) is 5.75 Å². The van der Waals surface area contributed by atoms with Crippen molar-refractivity contribution in [1.29, 1.82) is 0 Å². The van der Waals surface area contributed by atoms with Gasteiger partial charge in [-0.15, -0.1) is 0 Å². The Morgan fingerprint density at radius 3 is 2.67 bits per heavy atom. The number of rotatable bonds is 3. The number of benzene rings is 2. The Morgan fingerprint density at radius 2 is 1.95 bits per heavy atom. The molecule has 0 radical (unpaired) electrons. The van der Waals surface area contributed by atoms with Crippen LogP contribution in [-0.4, -0.2) is 13.7 Å². The molecule has 0 saturated carbocycles. The van der Waals surface area contributed by atoms with Crippen LogP contribution < -0.4 is 10.1 Å². The molecule has 110 valence electrons. The Kier molecular flexibility index (Phi) is 3.97. The van der Waals surface area contributed by atoms with Crippen LogP contribution in [-0.2, 0) is 5.41 Å². The van der Waals surface area contributed by atoms with Gasteiger partial charge < -0.3 is 10.1 Å². The Labute approximate surface area is 140 Å². The number of nitrogens with one attached hydrogen (secondary N) is 1. The van der Waals surface area contributed by atoms with E-state index < -0.39 is 0 Å². The second-order valence-electron chi connectivity index (χ2n) is 6.17. The molecule has 3 heteroatoms. The molecule has 2 nitrogen and oxygen atoms in total. The summed E-state index contributed by atoms with van der Waals surface area (Å²) in [5.41, 5.74) is 4.01. The summed E-state index contributed by atoms with van der Waals surface area (Å²) in [6.07, 6.45) is 0. The zero-order valence-electron chi connectivity index (χ0n) is 12.6. The third-order valence-electron chi connectivity index (χ3n) is 4.16. The summed E-state index contributed by atoms with van der Waals surface area (Å²) in [7, 11) is 2.02. The number of hydrogen-bond acceptors (Lipinski definition) is 2. The second kappa shape index (κ2) is 5.61. The van der Waals surface area contributed by atoms with Gasteiger partial charge in [0, 0.05) is 14.5 Å². The first-order valence-electron chi connectivity index (χ1n) is 7.22. The molecule has 0 amide bonds. The molecular weight excluding hydrogens is 373 g/mol. The van der Waals surface area contributed by atoms with E-state index in [1.165, 1.54) is 20.3 Å². The van der Waals surface area contributed by atoms with Crippen LogP contribution in [0.15, 0.2) is 42.5 Å². The lowest BCUT2D eigenvalue weighted by molar-refractivity contribution is 0.291. The molecule has 0 fully saturated rings. The fraction of sp³-hybridized carbons (Fsp3) is 0.333. The molecule has 1 heterocycles. The van der Waals surface area contributed by atoms with Gasteiger partial charge in [-0.25, -0.2) is 0 Å². The molecule has 3 rings (SSSR count). The maximum Gasteiger partial charge on any atom is 0.123 e. The van der Waals surface area contributed by atoms with E-state index in [1.807, 2.05) is 7.05 Å². The molecule has 2 aromatic rings. The lowest BCUT2D eigenvalue weighted by Gasteiger charge is -2.21. The fourth-order valence-electron chi connectivity index (χ4n) is 2.93. The van der Waals surface area contributed by atoms with Crippen LogP contribution in [0.25, 0.3) is 0 Å². The minimum Gasteiger partial charge on any atom is -0.492 e. The van der Waals surface area contributed by atoms with E-state index >= 15 is 0 Å². The molecule has 0 saturated heterocycles. The van der Waals surface area contributed by atoms with Crippen LogP contribution in [0.3, 0.4) is 0 Å². The molecule has 0 spiro atoms. The molecule has 1 unspecified atom stereocenters. The van der Waals surface area contributed by atoms with Crippen molar-refractivity contribution in [2.45, 2.75) is 25.3 Å². The van der Waals surface area contributed by atoms with Crippen molar-refractivity contribution in [3.8, 4) is 5.75 Å². The summed E-state index contributed by atoms with van der Waals surface area (Å²) in [5.74, 6) is 1.03. The average molecular weight is 393 g/mol. The first-order chi connectivity index (χ1) is 10.0. The zero-order chi connectivity index (χ0) is 15.0. The first-order valence-corrected chi connectivity index (χ1v) is 8.30. The standard InChI is InChI=1S/C18H20INO/c1-18(2)11-21-16-9-8-12(10-14(16)18)17(20-3)13-6-4-5-7-15(13)19/h4-10,17,20H,11H2,1-3H3. The van der Waals surface area contributed by atoms with Gasteiger partial charge in [-0.1, -0.05) is 38.1 Å². The van der Waals surface area contributed by atoms with Crippen molar-refractivity contribution in [3.05, 3.63) is 62.7 Å². The molecule has 2 aromatic carbocycles. The van der Waals surface area contributed by atoms with Gasteiger partial charge in [0.25, 0.3) is 0 Å². The molecule has 1 aliphatic rings. The van der Waals surface area contributed by atoms with Crippen molar-refractivity contribution in [2.75, 3.05) is 13.7 Å². The third-order valence-corrected chi connectivity index (χ3v) is 5.14. The molecule has 0 aromatic heterocycles. The highest BCUT2D eigenvalue weighted by atomic mass is 127. The maximum atomic E-state index is 5.79. The van der Waals surface area contributed by atoms with Gasteiger partial charge in [0.05, 0.1) is 12.6 Å². The Bertz CT molecular complexity index is 666. The number of fused-ring (bicyclic) bond motifs is 1. The van der Waals surface area contributed by atoms with E-state index in [-0.39, 0.29) is 11.5 Å². The van der Waals surface area contributed by atoms with Gasteiger partial charge >= 0.3 is 0 Å². The van der Waals surface area contributed by atoms with Gasteiger partial charge in [-0.05, 0) is 59.0 Å². The van der Waals surface area contributed by atoms with E-state index in [0.717, 1.165) is 12.4 Å². The summed E-state index contributed by atoms with van der Waals surface area (Å²) in [6, 6.07) is 15.3. The monoisotopic (exact) mass is 393 g/mol. The minimum atomic E-state index is 0.0908. The molecular formula is C18H20INO. The summed E-state index contributed by atoms with van der Waals surface area (Å²) in [5, 5.41) is 3.45. The topological polar surface area (TPSA) is 21.3 Å². The van der Waals surface area contributed by atoms with Crippen LogP contribution in [0.4, 0.5) is 0 Å². The smallest absolute Gasteiger partial charge is 0.123 e. The van der Waals surface area contributed by atoms with Crippen LogP contribution in [0.2, 0.25) is 0 Å². The first kappa shape index (κ1) is 14.9. The SMILES string of the molecule is CNC(c1ccc2c(c1)C(C)(C)CO2)c1ccccc1I. The van der Waals surface area contributed by atoms with Crippen LogP contribution in [0.1, 0.15) is 36.6 Å². The van der Waals surface area contributed by atoms with Crippen LogP contribution in [0, 0.1) is 3.57 Å². The van der Waals surface area contributed by atoms with E-state index in [2.05, 4.69) is 84.2 Å². The fourth-order valence-corrected chi connectivity index (χ4v) is 3.63. The summed E-state index contributed by atoms with van der Waals surface area (Å²) in [4.78, 5) is 0. The number of hydrogen-bond donors (Lipinski definition) is 1. The molecule has 1 atom stereocenters. The van der Waals surface area contributed by atoms with Gasteiger partial charge in [0.2, 0.25) is 0 Å². The van der Waals surface area contributed by atoms with E-state index in [4.69, 9.17) is 4.74 Å². The predicted octanol–water partition coefficient (Wildman–Crippen LogP) is 4.27. The van der Waals surface area contributed by atoms with E-state index in [9.17, 15) is 0 Å². The number of halogens is 1. The quantitative estimate of drug-likeness (QED) is 0.787. The van der Waals surface area contributed by atoms with Crippen LogP contribution in [0.5, 0.6) is 5.75 Å². The van der Waals surface area contributed by atoms with Gasteiger partial charge in [-0.3, -0.25) is 0 Å². The summed E-state index contributed by atoms with van der Waals surface area (Å²) < 4.78 is 7.07.